The molecule has 2 fully saturated rings. The molecule has 2 heterocycles. The third-order valence-electron chi connectivity index (χ3n) is 5.39. The lowest BCUT2D eigenvalue weighted by molar-refractivity contribution is -0.146. The van der Waals surface area contributed by atoms with Crippen LogP contribution in [0.3, 0.4) is 0 Å². The average molecular weight is 355 g/mol. The summed E-state index contributed by atoms with van der Waals surface area (Å²) >= 11 is 0. The third-order valence-corrected chi connectivity index (χ3v) is 5.39. The van der Waals surface area contributed by atoms with Crippen LogP contribution in [0.25, 0.3) is 10.8 Å². The number of rotatable bonds is 3. The Labute approximate surface area is 153 Å². The highest BCUT2D eigenvalue weighted by atomic mass is 16.5. The van der Waals surface area contributed by atoms with Gasteiger partial charge < -0.3 is 19.1 Å². The van der Waals surface area contributed by atoms with Gasteiger partial charge in [0.15, 0.2) is 0 Å². The molecule has 1 atom stereocenters. The lowest BCUT2D eigenvalue weighted by Gasteiger charge is -2.36. The second-order valence-corrected chi connectivity index (χ2v) is 7.00. The number of hydrogen-bond acceptors (Lipinski definition) is 4. The molecule has 0 N–H and O–H groups in total. The minimum Gasteiger partial charge on any atom is -0.497 e. The lowest BCUT2D eigenvalue weighted by Crippen LogP contribution is -2.46. The minimum absolute atomic E-state index is 0.0703. The van der Waals surface area contributed by atoms with Crippen LogP contribution in [0.5, 0.6) is 5.75 Å². The summed E-state index contributed by atoms with van der Waals surface area (Å²) in [4.78, 5) is 14.8. The SMILES string of the molecule is COc1ccc2cc([C@H]3CN(C(=O)C4CCOCC4)CCO3)ccc2c1. The first-order valence-electron chi connectivity index (χ1n) is 9.30. The highest BCUT2D eigenvalue weighted by Crippen LogP contribution is 2.29. The molecule has 2 aliphatic heterocycles. The van der Waals surface area contributed by atoms with E-state index in [0.717, 1.165) is 34.9 Å². The predicted octanol–water partition coefficient (Wildman–Crippen LogP) is 3.17. The maximum atomic E-state index is 12.8. The monoisotopic (exact) mass is 355 g/mol. The van der Waals surface area contributed by atoms with Crippen molar-refractivity contribution in [1.82, 2.24) is 4.90 Å². The van der Waals surface area contributed by atoms with Gasteiger partial charge in [-0.3, -0.25) is 4.79 Å². The third kappa shape index (κ3) is 3.55. The molecule has 26 heavy (non-hydrogen) atoms. The molecular weight excluding hydrogens is 330 g/mol. The molecule has 2 aliphatic rings. The average Bonchev–Trinajstić information content (AvgIpc) is 2.73. The lowest BCUT2D eigenvalue weighted by atomic mass is 9.97. The van der Waals surface area contributed by atoms with Gasteiger partial charge >= 0.3 is 0 Å². The number of methoxy groups -OCH3 is 1. The maximum Gasteiger partial charge on any atom is 0.226 e. The predicted molar refractivity (Wildman–Crippen MR) is 99.3 cm³/mol. The summed E-state index contributed by atoms with van der Waals surface area (Å²) in [6.07, 6.45) is 1.59. The van der Waals surface area contributed by atoms with E-state index < -0.39 is 0 Å². The molecule has 0 aromatic heterocycles. The van der Waals surface area contributed by atoms with Crippen molar-refractivity contribution in [3.63, 3.8) is 0 Å². The van der Waals surface area contributed by atoms with Gasteiger partial charge in [-0.05, 0) is 47.4 Å². The number of hydrogen-bond donors (Lipinski definition) is 0. The number of ether oxygens (including phenoxy) is 3. The van der Waals surface area contributed by atoms with Crippen LogP contribution in [0.2, 0.25) is 0 Å². The van der Waals surface area contributed by atoms with Gasteiger partial charge in [-0.2, -0.15) is 0 Å². The number of morpholine rings is 1. The Balaban J connectivity index is 1.50. The number of amides is 1. The zero-order valence-corrected chi connectivity index (χ0v) is 15.1. The Kier molecular flexibility index (Phi) is 5.09. The highest BCUT2D eigenvalue weighted by Gasteiger charge is 2.31. The summed E-state index contributed by atoms with van der Waals surface area (Å²) in [6.45, 7) is 3.27. The Bertz CT molecular complexity index is 785. The van der Waals surface area contributed by atoms with Crippen LogP contribution >= 0.6 is 0 Å². The summed E-state index contributed by atoms with van der Waals surface area (Å²) in [7, 11) is 1.68. The minimum atomic E-state index is -0.0703. The molecule has 2 aromatic carbocycles. The van der Waals surface area contributed by atoms with E-state index in [4.69, 9.17) is 14.2 Å². The largest absolute Gasteiger partial charge is 0.497 e. The topological polar surface area (TPSA) is 48.0 Å². The molecule has 0 spiro atoms. The van der Waals surface area contributed by atoms with Crippen molar-refractivity contribution in [2.75, 3.05) is 40.0 Å². The van der Waals surface area contributed by atoms with Crippen LogP contribution in [0.15, 0.2) is 36.4 Å². The van der Waals surface area contributed by atoms with Crippen molar-refractivity contribution in [2.45, 2.75) is 18.9 Å². The number of carbonyl (C=O) groups excluding carboxylic acids is 1. The Morgan fingerprint density at radius 3 is 2.65 bits per heavy atom. The molecule has 138 valence electrons. The van der Waals surface area contributed by atoms with E-state index in [-0.39, 0.29) is 17.9 Å². The number of fused-ring (bicyclic) bond motifs is 1. The van der Waals surface area contributed by atoms with Gasteiger partial charge in [0.1, 0.15) is 11.9 Å². The molecule has 4 rings (SSSR count). The molecule has 5 nitrogen and oxygen atoms in total. The van der Waals surface area contributed by atoms with Crippen molar-refractivity contribution >= 4 is 16.7 Å². The molecule has 2 aromatic rings. The van der Waals surface area contributed by atoms with Crippen LogP contribution in [0.4, 0.5) is 0 Å². The molecule has 0 radical (unpaired) electrons. The second-order valence-electron chi connectivity index (χ2n) is 7.00. The molecule has 0 saturated carbocycles. The highest BCUT2D eigenvalue weighted by molar-refractivity contribution is 5.84. The standard InChI is InChI=1S/C21H25NO4/c1-24-19-5-4-16-12-18(3-2-17(16)13-19)20-14-22(8-11-26-20)21(23)15-6-9-25-10-7-15/h2-5,12-13,15,20H,6-11,14H2,1H3/t20-/m1/s1. The van der Waals surface area contributed by atoms with Crippen molar-refractivity contribution < 1.29 is 19.0 Å². The van der Waals surface area contributed by atoms with E-state index in [9.17, 15) is 4.79 Å². The molecular formula is C21H25NO4. The van der Waals surface area contributed by atoms with Crippen LogP contribution in [-0.2, 0) is 14.3 Å². The normalized spacial score (nSPS) is 21.7. The van der Waals surface area contributed by atoms with E-state index in [1.54, 1.807) is 7.11 Å². The summed E-state index contributed by atoms with van der Waals surface area (Å²) in [5.41, 5.74) is 1.12. The van der Waals surface area contributed by atoms with Gasteiger partial charge in [0, 0.05) is 25.7 Å². The fourth-order valence-electron chi connectivity index (χ4n) is 3.82. The van der Waals surface area contributed by atoms with Crippen molar-refractivity contribution in [2.24, 2.45) is 5.92 Å². The van der Waals surface area contributed by atoms with Crippen molar-refractivity contribution in [1.29, 1.82) is 0 Å². The zero-order valence-electron chi connectivity index (χ0n) is 15.1. The Hall–Kier alpha value is -2.11. The van der Waals surface area contributed by atoms with Crippen LogP contribution < -0.4 is 4.74 Å². The van der Waals surface area contributed by atoms with Gasteiger partial charge in [0.05, 0.1) is 20.3 Å². The molecule has 0 unspecified atom stereocenters. The van der Waals surface area contributed by atoms with E-state index in [1.807, 2.05) is 17.0 Å². The number of nitrogens with zero attached hydrogens (tertiary/aromatic N) is 1. The van der Waals surface area contributed by atoms with E-state index in [1.165, 1.54) is 0 Å². The molecule has 0 aliphatic carbocycles. The molecule has 2 saturated heterocycles. The Morgan fingerprint density at radius 1 is 1.08 bits per heavy atom. The zero-order chi connectivity index (χ0) is 17.9. The summed E-state index contributed by atoms with van der Waals surface area (Å²) in [6, 6.07) is 12.4. The summed E-state index contributed by atoms with van der Waals surface area (Å²) < 4.78 is 16.7. The fourth-order valence-corrected chi connectivity index (χ4v) is 3.82. The van der Waals surface area contributed by atoms with E-state index in [2.05, 4.69) is 24.3 Å². The van der Waals surface area contributed by atoms with Crippen LogP contribution in [0, 0.1) is 5.92 Å². The van der Waals surface area contributed by atoms with Gasteiger partial charge in [-0.1, -0.05) is 18.2 Å². The number of carbonyl (C=O) groups is 1. The second kappa shape index (κ2) is 7.64. The first kappa shape index (κ1) is 17.3. The molecule has 0 bridgehead atoms. The summed E-state index contributed by atoms with van der Waals surface area (Å²) in [5, 5.41) is 2.29. The quantitative estimate of drug-likeness (QED) is 0.848. The smallest absolute Gasteiger partial charge is 0.226 e. The van der Waals surface area contributed by atoms with Gasteiger partial charge in [0.2, 0.25) is 5.91 Å². The van der Waals surface area contributed by atoms with E-state index >= 15 is 0 Å². The summed E-state index contributed by atoms with van der Waals surface area (Å²) in [5.74, 6) is 1.21. The van der Waals surface area contributed by atoms with Crippen molar-refractivity contribution in [3.8, 4) is 5.75 Å². The van der Waals surface area contributed by atoms with Crippen LogP contribution in [0.1, 0.15) is 24.5 Å². The van der Waals surface area contributed by atoms with Gasteiger partial charge in [-0.15, -0.1) is 0 Å². The number of benzene rings is 2. The van der Waals surface area contributed by atoms with E-state index in [0.29, 0.717) is 32.9 Å². The molecule has 1 amide bonds. The van der Waals surface area contributed by atoms with Crippen molar-refractivity contribution in [3.05, 3.63) is 42.0 Å². The Morgan fingerprint density at radius 2 is 1.85 bits per heavy atom. The van der Waals surface area contributed by atoms with Gasteiger partial charge in [0.25, 0.3) is 0 Å². The first-order valence-corrected chi connectivity index (χ1v) is 9.30. The van der Waals surface area contributed by atoms with Crippen LogP contribution in [-0.4, -0.2) is 50.8 Å². The van der Waals surface area contributed by atoms with Gasteiger partial charge in [-0.25, -0.2) is 0 Å². The fraction of sp³-hybridized carbons (Fsp3) is 0.476. The molecule has 5 heteroatoms. The maximum absolute atomic E-state index is 12.8. The first-order chi connectivity index (χ1) is 12.7.